The molecule has 0 saturated heterocycles. The predicted molar refractivity (Wildman–Crippen MR) is 72.1 cm³/mol. The van der Waals surface area contributed by atoms with Gasteiger partial charge in [0.05, 0.1) is 10.2 Å². The van der Waals surface area contributed by atoms with E-state index < -0.39 is 0 Å². The van der Waals surface area contributed by atoms with E-state index in [1.165, 1.54) is 0 Å². The maximum absolute atomic E-state index is 6.10. The molecule has 3 nitrogen and oxygen atoms in total. The molecule has 0 spiro atoms. The number of furan rings is 1. The van der Waals surface area contributed by atoms with Crippen molar-refractivity contribution in [3.05, 3.63) is 32.1 Å². The molecule has 1 saturated carbocycles. The van der Waals surface area contributed by atoms with Crippen molar-refractivity contribution >= 4 is 43.5 Å². The van der Waals surface area contributed by atoms with Gasteiger partial charge in [0.2, 0.25) is 0 Å². The predicted octanol–water partition coefficient (Wildman–Crippen LogP) is 4.79. The summed E-state index contributed by atoms with van der Waals surface area (Å²) in [5, 5.41) is 0.435. The molecule has 2 aromatic heterocycles. The van der Waals surface area contributed by atoms with Gasteiger partial charge in [-0.1, -0.05) is 11.6 Å². The largest absolute Gasteiger partial charge is 0.446 e. The van der Waals surface area contributed by atoms with Crippen LogP contribution in [0.5, 0.6) is 0 Å². The lowest BCUT2D eigenvalue weighted by Crippen LogP contribution is -1.96. The molecule has 88 valence electrons. The molecule has 1 aliphatic carbocycles. The van der Waals surface area contributed by atoms with E-state index in [1.54, 1.807) is 0 Å². The van der Waals surface area contributed by atoms with E-state index in [0.717, 1.165) is 23.0 Å². The van der Waals surface area contributed by atoms with Crippen molar-refractivity contribution < 1.29 is 4.42 Å². The van der Waals surface area contributed by atoms with Gasteiger partial charge in [-0.05, 0) is 56.8 Å². The quantitative estimate of drug-likeness (QED) is 0.705. The summed E-state index contributed by atoms with van der Waals surface area (Å²) in [5.41, 5.74) is 0.979. The van der Waals surface area contributed by atoms with Gasteiger partial charge in [-0.3, -0.25) is 0 Å². The van der Waals surface area contributed by atoms with Crippen molar-refractivity contribution in [1.82, 2.24) is 9.97 Å². The summed E-state index contributed by atoms with van der Waals surface area (Å²) >= 11 is 12.8. The maximum atomic E-state index is 6.10. The van der Waals surface area contributed by atoms with Crippen LogP contribution in [0.15, 0.2) is 25.7 Å². The van der Waals surface area contributed by atoms with Gasteiger partial charge < -0.3 is 4.42 Å². The van der Waals surface area contributed by atoms with Crippen molar-refractivity contribution in [3.63, 3.8) is 0 Å². The Labute approximate surface area is 120 Å². The zero-order valence-corrected chi connectivity index (χ0v) is 12.5. The average molecular weight is 378 g/mol. The first-order chi connectivity index (χ1) is 8.15. The molecule has 0 amide bonds. The third kappa shape index (κ3) is 2.28. The molecule has 0 aliphatic heterocycles. The first-order valence-corrected chi connectivity index (χ1v) is 7.10. The average Bonchev–Trinajstić information content (AvgIpc) is 3.05. The fourth-order valence-corrected chi connectivity index (χ4v) is 2.59. The van der Waals surface area contributed by atoms with E-state index in [2.05, 4.69) is 41.8 Å². The second kappa shape index (κ2) is 4.37. The Hall–Kier alpha value is -0.390. The number of hydrogen-bond donors (Lipinski definition) is 0. The number of nitrogens with zero attached hydrogens (tertiary/aromatic N) is 2. The van der Waals surface area contributed by atoms with Gasteiger partial charge in [0.25, 0.3) is 0 Å². The van der Waals surface area contributed by atoms with Gasteiger partial charge in [-0.2, -0.15) is 0 Å². The zero-order chi connectivity index (χ0) is 12.0. The van der Waals surface area contributed by atoms with Crippen LogP contribution in [-0.2, 0) is 0 Å². The number of halogens is 3. The number of rotatable bonds is 2. The van der Waals surface area contributed by atoms with Gasteiger partial charge in [0.1, 0.15) is 5.15 Å². The molecule has 2 heterocycles. The molecule has 1 aliphatic rings. The van der Waals surface area contributed by atoms with Crippen LogP contribution < -0.4 is 0 Å². The summed E-state index contributed by atoms with van der Waals surface area (Å²) in [5.74, 6) is 1.65. The zero-order valence-electron chi connectivity index (χ0n) is 8.58. The Balaban J connectivity index is 2.11. The highest BCUT2D eigenvalue weighted by Crippen LogP contribution is 2.44. The third-order valence-corrected chi connectivity index (χ3v) is 4.30. The summed E-state index contributed by atoms with van der Waals surface area (Å²) < 4.78 is 6.89. The van der Waals surface area contributed by atoms with Crippen LogP contribution in [0.1, 0.15) is 24.5 Å². The molecule has 0 N–H and O–H groups in total. The minimum absolute atomic E-state index is 0.435. The molecule has 0 bridgehead atoms. The lowest BCUT2D eigenvalue weighted by Gasteiger charge is -2.05. The highest BCUT2D eigenvalue weighted by atomic mass is 79.9. The van der Waals surface area contributed by atoms with E-state index >= 15 is 0 Å². The topological polar surface area (TPSA) is 38.9 Å². The second-order valence-corrected chi connectivity index (χ2v) is 5.85. The molecular weight excluding hydrogens is 371 g/mol. The van der Waals surface area contributed by atoms with Crippen LogP contribution >= 0.6 is 43.5 Å². The number of aromatic nitrogens is 2. The summed E-state index contributed by atoms with van der Waals surface area (Å²) in [6.45, 7) is 0. The fourth-order valence-electron chi connectivity index (χ4n) is 1.61. The van der Waals surface area contributed by atoms with Crippen molar-refractivity contribution in [3.8, 4) is 11.6 Å². The van der Waals surface area contributed by atoms with Crippen molar-refractivity contribution in [2.75, 3.05) is 0 Å². The Bertz CT molecular complexity index is 581. The minimum Gasteiger partial charge on any atom is -0.446 e. The SMILES string of the molecule is Clc1nc(-c2ccc(Br)o2)nc(C2CC2)c1Br. The highest BCUT2D eigenvalue weighted by Gasteiger charge is 2.29. The Morgan fingerprint density at radius 3 is 2.59 bits per heavy atom. The van der Waals surface area contributed by atoms with E-state index in [0.29, 0.717) is 27.3 Å². The summed E-state index contributed by atoms with van der Waals surface area (Å²) in [6, 6.07) is 3.63. The van der Waals surface area contributed by atoms with Crippen LogP contribution in [0.3, 0.4) is 0 Å². The molecule has 2 aromatic rings. The van der Waals surface area contributed by atoms with Gasteiger partial charge in [0, 0.05) is 5.92 Å². The summed E-state index contributed by atoms with van der Waals surface area (Å²) in [6.07, 6.45) is 2.32. The molecule has 17 heavy (non-hydrogen) atoms. The Morgan fingerprint density at radius 1 is 1.24 bits per heavy atom. The molecule has 6 heteroatoms. The van der Waals surface area contributed by atoms with Crippen LogP contribution in [0.4, 0.5) is 0 Å². The van der Waals surface area contributed by atoms with Gasteiger partial charge in [-0.15, -0.1) is 0 Å². The van der Waals surface area contributed by atoms with Crippen LogP contribution in [0.2, 0.25) is 5.15 Å². The summed E-state index contributed by atoms with van der Waals surface area (Å²) in [7, 11) is 0. The lowest BCUT2D eigenvalue weighted by molar-refractivity contribution is 0.550. The molecule has 0 radical (unpaired) electrons. The van der Waals surface area contributed by atoms with E-state index in [9.17, 15) is 0 Å². The molecule has 0 atom stereocenters. The van der Waals surface area contributed by atoms with Gasteiger partial charge in [-0.25, -0.2) is 9.97 Å². The van der Waals surface area contributed by atoms with Gasteiger partial charge in [0.15, 0.2) is 16.3 Å². The molecule has 3 rings (SSSR count). The molecular formula is C11H7Br2ClN2O. The van der Waals surface area contributed by atoms with E-state index in [-0.39, 0.29) is 0 Å². The molecule has 0 unspecified atom stereocenters. The monoisotopic (exact) mass is 376 g/mol. The highest BCUT2D eigenvalue weighted by molar-refractivity contribution is 9.10. The second-order valence-electron chi connectivity index (χ2n) is 3.92. The van der Waals surface area contributed by atoms with Crippen molar-refractivity contribution in [2.45, 2.75) is 18.8 Å². The Kier molecular flexibility index (Phi) is 3.00. The standard InChI is InChI=1S/C11H7Br2ClN2O/c12-7-4-3-6(17-7)11-15-9(5-1-2-5)8(13)10(14)16-11/h3-5H,1-2H2. The van der Waals surface area contributed by atoms with Crippen LogP contribution in [-0.4, -0.2) is 9.97 Å². The normalized spacial score (nSPS) is 15.2. The molecule has 1 fully saturated rings. The van der Waals surface area contributed by atoms with Crippen LogP contribution in [0.25, 0.3) is 11.6 Å². The maximum Gasteiger partial charge on any atom is 0.197 e. The number of hydrogen-bond acceptors (Lipinski definition) is 3. The molecule has 0 aromatic carbocycles. The van der Waals surface area contributed by atoms with Crippen molar-refractivity contribution in [2.24, 2.45) is 0 Å². The Morgan fingerprint density at radius 2 is 2.00 bits per heavy atom. The van der Waals surface area contributed by atoms with Gasteiger partial charge >= 0.3 is 0 Å². The van der Waals surface area contributed by atoms with E-state index in [4.69, 9.17) is 16.0 Å². The van der Waals surface area contributed by atoms with Crippen molar-refractivity contribution in [1.29, 1.82) is 0 Å². The summed E-state index contributed by atoms with van der Waals surface area (Å²) in [4.78, 5) is 8.74. The lowest BCUT2D eigenvalue weighted by atomic mass is 10.3. The van der Waals surface area contributed by atoms with Crippen LogP contribution in [0, 0.1) is 0 Å². The smallest absolute Gasteiger partial charge is 0.197 e. The van der Waals surface area contributed by atoms with E-state index in [1.807, 2.05) is 12.1 Å². The first kappa shape index (κ1) is 11.7. The third-order valence-electron chi connectivity index (χ3n) is 2.59. The fraction of sp³-hybridized carbons (Fsp3) is 0.273. The minimum atomic E-state index is 0.435. The first-order valence-electron chi connectivity index (χ1n) is 5.14.